The number of nitrogens with one attached hydrogen (secondary N) is 2. The van der Waals surface area contributed by atoms with Crippen molar-refractivity contribution >= 4 is 17.9 Å². The summed E-state index contributed by atoms with van der Waals surface area (Å²) in [6.45, 7) is 0.768. The van der Waals surface area contributed by atoms with Crippen LogP contribution in [0.2, 0.25) is 0 Å². The zero-order valence-electron chi connectivity index (χ0n) is 8.32. The monoisotopic (exact) mass is 215 g/mol. The fraction of sp³-hybridized carbons (Fsp3) is 0.625. The summed E-state index contributed by atoms with van der Waals surface area (Å²) >= 11 is 0. The zero-order valence-corrected chi connectivity index (χ0v) is 8.32. The SMILES string of the molecule is CNC(=O)NC(=O)CN1CC(C(=O)O)C1. The average Bonchev–Trinajstić information content (AvgIpc) is 2.09. The highest BCUT2D eigenvalue weighted by Gasteiger charge is 2.33. The Morgan fingerprint density at radius 1 is 1.40 bits per heavy atom. The van der Waals surface area contributed by atoms with Gasteiger partial charge < -0.3 is 10.4 Å². The van der Waals surface area contributed by atoms with Crippen LogP contribution in [0.25, 0.3) is 0 Å². The maximum Gasteiger partial charge on any atom is 0.321 e. The lowest BCUT2D eigenvalue weighted by Crippen LogP contribution is -2.54. The number of carboxylic acids is 1. The summed E-state index contributed by atoms with van der Waals surface area (Å²) in [5, 5.41) is 12.9. The summed E-state index contributed by atoms with van der Waals surface area (Å²) in [4.78, 5) is 34.0. The van der Waals surface area contributed by atoms with E-state index in [4.69, 9.17) is 5.11 Å². The average molecular weight is 215 g/mol. The van der Waals surface area contributed by atoms with Crippen LogP contribution in [0.5, 0.6) is 0 Å². The highest BCUT2D eigenvalue weighted by atomic mass is 16.4. The first-order valence-corrected chi connectivity index (χ1v) is 4.49. The van der Waals surface area contributed by atoms with E-state index in [2.05, 4.69) is 10.6 Å². The lowest BCUT2D eigenvalue weighted by Gasteiger charge is -2.35. The summed E-state index contributed by atoms with van der Waals surface area (Å²) in [6, 6.07) is -0.560. The van der Waals surface area contributed by atoms with E-state index in [0.717, 1.165) is 0 Å². The molecule has 7 nitrogen and oxygen atoms in total. The minimum atomic E-state index is -0.849. The number of rotatable bonds is 3. The Hall–Kier alpha value is -1.63. The first-order chi connectivity index (χ1) is 7.02. The Bertz CT molecular complexity index is 286. The molecule has 1 saturated heterocycles. The number of likely N-dealkylation sites (tertiary alicyclic amines) is 1. The van der Waals surface area contributed by atoms with Crippen molar-refractivity contribution in [3.05, 3.63) is 0 Å². The van der Waals surface area contributed by atoms with Crippen LogP contribution < -0.4 is 10.6 Å². The number of urea groups is 1. The number of hydrogen-bond donors (Lipinski definition) is 3. The molecule has 84 valence electrons. The molecule has 0 aromatic heterocycles. The number of carboxylic acid groups (broad SMARTS) is 1. The molecule has 7 heteroatoms. The molecule has 0 atom stereocenters. The van der Waals surface area contributed by atoms with Crippen molar-refractivity contribution in [2.45, 2.75) is 0 Å². The number of carbonyl (C=O) groups excluding carboxylic acids is 2. The Labute approximate surface area is 86.4 Å². The van der Waals surface area contributed by atoms with Gasteiger partial charge in [-0.3, -0.25) is 19.8 Å². The molecule has 0 radical (unpaired) electrons. The van der Waals surface area contributed by atoms with Crippen molar-refractivity contribution < 1.29 is 19.5 Å². The van der Waals surface area contributed by atoms with E-state index in [1.807, 2.05) is 0 Å². The number of imide groups is 1. The van der Waals surface area contributed by atoms with Gasteiger partial charge in [0.1, 0.15) is 0 Å². The number of hydrogen-bond acceptors (Lipinski definition) is 4. The van der Waals surface area contributed by atoms with Gasteiger partial charge in [-0.25, -0.2) is 4.79 Å². The van der Waals surface area contributed by atoms with Gasteiger partial charge in [0.05, 0.1) is 12.5 Å². The van der Waals surface area contributed by atoms with E-state index in [1.54, 1.807) is 4.90 Å². The number of carbonyl (C=O) groups is 3. The van der Waals surface area contributed by atoms with Gasteiger partial charge in [0, 0.05) is 20.1 Å². The van der Waals surface area contributed by atoms with Gasteiger partial charge in [-0.15, -0.1) is 0 Å². The van der Waals surface area contributed by atoms with Crippen molar-refractivity contribution in [1.82, 2.24) is 15.5 Å². The quantitative estimate of drug-likeness (QED) is 0.530. The van der Waals surface area contributed by atoms with Crippen molar-refractivity contribution in [2.75, 3.05) is 26.7 Å². The lowest BCUT2D eigenvalue weighted by molar-refractivity contribution is -0.148. The molecule has 3 N–H and O–H groups in total. The van der Waals surface area contributed by atoms with Crippen LogP contribution >= 0.6 is 0 Å². The van der Waals surface area contributed by atoms with Gasteiger partial charge in [0.2, 0.25) is 5.91 Å². The summed E-state index contributed by atoms with van der Waals surface area (Å²) in [7, 11) is 1.41. The largest absolute Gasteiger partial charge is 0.481 e. The summed E-state index contributed by atoms with van der Waals surface area (Å²) in [5.74, 6) is -1.67. The van der Waals surface area contributed by atoms with Gasteiger partial charge in [0.25, 0.3) is 0 Å². The molecule has 0 saturated carbocycles. The fourth-order valence-electron chi connectivity index (χ4n) is 1.29. The third-order valence-corrected chi connectivity index (χ3v) is 2.15. The second-order valence-electron chi connectivity index (χ2n) is 3.36. The molecule has 0 bridgehead atoms. The highest BCUT2D eigenvalue weighted by Crippen LogP contribution is 2.14. The maximum absolute atomic E-state index is 11.1. The molecular weight excluding hydrogens is 202 g/mol. The molecule has 15 heavy (non-hydrogen) atoms. The molecule has 1 rings (SSSR count). The molecule has 0 spiro atoms. The first-order valence-electron chi connectivity index (χ1n) is 4.49. The molecule has 1 aliphatic rings. The molecule has 1 heterocycles. The molecule has 1 aliphatic heterocycles. The number of nitrogens with zero attached hydrogens (tertiary/aromatic N) is 1. The van der Waals surface area contributed by atoms with Gasteiger partial charge in [-0.05, 0) is 0 Å². The van der Waals surface area contributed by atoms with Crippen LogP contribution in [0.4, 0.5) is 4.79 Å². The zero-order chi connectivity index (χ0) is 11.4. The van der Waals surface area contributed by atoms with Crippen molar-refractivity contribution in [3.63, 3.8) is 0 Å². The lowest BCUT2D eigenvalue weighted by atomic mass is 10.0. The van der Waals surface area contributed by atoms with E-state index in [-0.39, 0.29) is 6.54 Å². The molecular formula is C8H13N3O4. The normalized spacial score (nSPS) is 16.6. The first kappa shape index (κ1) is 11.4. The third kappa shape index (κ3) is 3.21. The smallest absolute Gasteiger partial charge is 0.321 e. The number of amides is 3. The molecule has 0 aromatic rings. The van der Waals surface area contributed by atoms with Crippen LogP contribution in [-0.4, -0.2) is 54.6 Å². The summed E-state index contributed by atoms with van der Waals surface area (Å²) in [5.41, 5.74) is 0. The standard InChI is InChI=1S/C8H13N3O4/c1-9-8(15)10-6(12)4-11-2-5(3-11)7(13)14/h5H,2-4H2,1H3,(H,13,14)(H2,9,10,12,15). The Morgan fingerprint density at radius 3 is 2.47 bits per heavy atom. The Balaban J connectivity index is 2.19. The predicted octanol–water partition coefficient (Wildman–Crippen LogP) is -1.54. The van der Waals surface area contributed by atoms with Gasteiger partial charge in [-0.2, -0.15) is 0 Å². The highest BCUT2D eigenvalue weighted by molar-refractivity contribution is 5.95. The van der Waals surface area contributed by atoms with Crippen LogP contribution in [0, 0.1) is 5.92 Å². The minimum Gasteiger partial charge on any atom is -0.481 e. The molecule has 0 aromatic carbocycles. The van der Waals surface area contributed by atoms with E-state index in [9.17, 15) is 14.4 Å². The molecule has 3 amide bonds. The molecule has 0 unspecified atom stereocenters. The molecule has 0 aliphatic carbocycles. The van der Waals surface area contributed by atoms with Gasteiger partial charge >= 0.3 is 12.0 Å². The van der Waals surface area contributed by atoms with Crippen molar-refractivity contribution in [2.24, 2.45) is 5.92 Å². The molecule has 1 fully saturated rings. The number of aliphatic carboxylic acids is 1. The summed E-state index contributed by atoms with van der Waals surface area (Å²) < 4.78 is 0. The second-order valence-corrected chi connectivity index (χ2v) is 3.36. The van der Waals surface area contributed by atoms with Gasteiger partial charge in [-0.1, -0.05) is 0 Å². The van der Waals surface area contributed by atoms with Crippen LogP contribution in [0.1, 0.15) is 0 Å². The Kier molecular flexibility index (Phi) is 3.62. The van der Waals surface area contributed by atoms with Gasteiger partial charge in [0.15, 0.2) is 0 Å². The minimum absolute atomic E-state index is 0.0528. The maximum atomic E-state index is 11.1. The second kappa shape index (κ2) is 4.74. The van der Waals surface area contributed by atoms with E-state index >= 15 is 0 Å². The van der Waals surface area contributed by atoms with Crippen molar-refractivity contribution in [1.29, 1.82) is 0 Å². The fourth-order valence-corrected chi connectivity index (χ4v) is 1.29. The van der Waals surface area contributed by atoms with Crippen LogP contribution in [-0.2, 0) is 9.59 Å². The Morgan fingerprint density at radius 2 is 2.00 bits per heavy atom. The topological polar surface area (TPSA) is 98.7 Å². The third-order valence-electron chi connectivity index (χ3n) is 2.15. The van der Waals surface area contributed by atoms with E-state index < -0.39 is 23.8 Å². The van der Waals surface area contributed by atoms with E-state index in [0.29, 0.717) is 13.1 Å². The van der Waals surface area contributed by atoms with E-state index in [1.165, 1.54) is 7.05 Å². The summed E-state index contributed by atoms with van der Waals surface area (Å²) in [6.07, 6.45) is 0. The predicted molar refractivity (Wildman–Crippen MR) is 50.2 cm³/mol. The van der Waals surface area contributed by atoms with Crippen molar-refractivity contribution in [3.8, 4) is 0 Å². The van der Waals surface area contributed by atoms with Crippen LogP contribution in [0.3, 0.4) is 0 Å². The van der Waals surface area contributed by atoms with Crippen LogP contribution in [0.15, 0.2) is 0 Å².